The van der Waals surface area contributed by atoms with Crippen molar-refractivity contribution in [1.82, 2.24) is 0 Å². The zero-order valence-corrected chi connectivity index (χ0v) is 16.1. The molecule has 4 aromatic rings. The van der Waals surface area contributed by atoms with Gasteiger partial charge in [-0.15, -0.1) is 11.6 Å². The predicted octanol–water partition coefficient (Wildman–Crippen LogP) is 6.73. The molecule has 0 amide bonds. The van der Waals surface area contributed by atoms with Crippen molar-refractivity contribution in [1.29, 1.82) is 0 Å². The van der Waals surface area contributed by atoms with Crippen LogP contribution in [0.1, 0.15) is 0 Å². The van der Waals surface area contributed by atoms with Crippen molar-refractivity contribution in [2.45, 2.75) is 0 Å². The van der Waals surface area contributed by atoms with Gasteiger partial charge in [-0.1, -0.05) is 59.5 Å². The third-order valence-corrected chi connectivity index (χ3v) is 3.72. The summed E-state index contributed by atoms with van der Waals surface area (Å²) in [5, 5.41) is 5.23. The van der Waals surface area contributed by atoms with E-state index in [1.807, 2.05) is 0 Å². The van der Waals surface area contributed by atoms with Crippen LogP contribution < -0.4 is 0 Å². The fourth-order valence-electron chi connectivity index (χ4n) is 2.77. The van der Waals surface area contributed by atoms with Crippen LogP contribution in [-0.4, -0.2) is 0 Å². The van der Waals surface area contributed by atoms with Gasteiger partial charge in [-0.25, -0.2) is 0 Å². The molecule has 0 radical (unpaired) electrons. The van der Waals surface area contributed by atoms with Crippen molar-refractivity contribution in [2.75, 3.05) is 0 Å². The second-order valence-electron chi connectivity index (χ2n) is 4.90. The fraction of sp³-hybridized carbons (Fsp3) is 0. The third-order valence-electron chi connectivity index (χ3n) is 3.72. The predicted molar refractivity (Wildman–Crippen MR) is 102 cm³/mol. The molecule has 0 atom stereocenters. The van der Waals surface area contributed by atoms with Crippen LogP contribution in [-0.2, 0) is 21.1 Å². The number of hydrogen-bond acceptors (Lipinski definition) is 0. The van der Waals surface area contributed by atoms with Gasteiger partial charge in [0.1, 0.15) is 0 Å². The molecule has 0 aliphatic heterocycles. The Kier molecular flexibility index (Phi) is 8.07. The van der Waals surface area contributed by atoms with Gasteiger partial charge in [-0.05, 0) is 22.2 Å². The van der Waals surface area contributed by atoms with E-state index in [0.29, 0.717) is 0 Å². The van der Waals surface area contributed by atoms with Gasteiger partial charge in [0.25, 0.3) is 0 Å². The Bertz CT molecular complexity index is 858. The number of fused-ring (bicyclic) bond motifs is 2. The van der Waals surface area contributed by atoms with E-state index in [0.717, 1.165) is 0 Å². The average Bonchev–Trinajstić information content (AvgIpc) is 2.98. The third kappa shape index (κ3) is 3.76. The van der Waals surface area contributed by atoms with Crippen LogP contribution >= 0.6 is 0 Å². The fourth-order valence-corrected chi connectivity index (χ4v) is 2.77. The number of hydrogen-bond donors (Lipinski definition) is 0. The van der Waals surface area contributed by atoms with Crippen molar-refractivity contribution in [3.8, 4) is 11.1 Å². The minimum absolute atomic E-state index is 0. The van der Waals surface area contributed by atoms with Crippen molar-refractivity contribution < 1.29 is 21.1 Å². The molecule has 0 fully saturated rings. The van der Waals surface area contributed by atoms with Crippen LogP contribution in [0.2, 0.25) is 0 Å². The quantitative estimate of drug-likeness (QED) is 0.209. The summed E-state index contributed by atoms with van der Waals surface area (Å²) in [6, 6.07) is 28.2. The van der Waals surface area contributed by atoms with Crippen molar-refractivity contribution in [3.05, 3.63) is 101 Å². The van der Waals surface area contributed by atoms with E-state index in [1.165, 1.54) is 32.7 Å². The Morgan fingerprint density at radius 2 is 1.26 bits per heavy atom. The molecule has 0 spiro atoms. The summed E-state index contributed by atoms with van der Waals surface area (Å²) >= 11 is 0. The van der Waals surface area contributed by atoms with Gasteiger partial charge in [0.2, 0.25) is 0 Å². The minimum Gasteiger partial charge on any atom is -0.358 e. The second kappa shape index (κ2) is 8.75. The maximum absolute atomic E-state index is 2.30. The molecule has 0 bridgehead atoms. The molecule has 0 N–H and O–H groups in total. The Balaban J connectivity index is 0.00000121. The van der Waals surface area contributed by atoms with Gasteiger partial charge in [-0.2, -0.15) is 18.2 Å². The molecular formula is C22H22Pt. The summed E-state index contributed by atoms with van der Waals surface area (Å²) in [7, 11) is 0. The summed E-state index contributed by atoms with van der Waals surface area (Å²) in [6.07, 6.45) is 0. The molecule has 0 saturated carbocycles. The van der Waals surface area contributed by atoms with Crippen LogP contribution in [0.25, 0.3) is 32.7 Å². The smallest absolute Gasteiger partial charge is 0.358 e. The molecule has 0 heterocycles. The van der Waals surface area contributed by atoms with E-state index in [2.05, 4.69) is 78.9 Å². The topological polar surface area (TPSA) is 0 Å². The molecule has 0 aliphatic rings. The molecule has 0 aromatic heterocycles. The SMILES string of the molecule is [CH3-].[CH3-].[CH3-].[Pt+4].c1c[cH-]c(-c2cccc3cc4ccccc4cc23)c1. The minimum atomic E-state index is 0. The summed E-state index contributed by atoms with van der Waals surface area (Å²) in [5.74, 6) is 0. The standard InChI is InChI=1S/C19H13.3CH3.Pt/c1-2-7-14(6-1)18-11-5-10-17-12-15-8-3-4-9-16(15)13-19(17)18;;;;/h1-13H;3*1H3;/q4*-1;+4. The zero-order valence-electron chi connectivity index (χ0n) is 13.8. The van der Waals surface area contributed by atoms with Crippen molar-refractivity contribution >= 4 is 21.5 Å². The summed E-state index contributed by atoms with van der Waals surface area (Å²) < 4.78 is 0. The Hall–Kier alpha value is -1.78. The molecule has 120 valence electrons. The molecule has 23 heavy (non-hydrogen) atoms. The molecule has 0 saturated heterocycles. The van der Waals surface area contributed by atoms with E-state index in [1.54, 1.807) is 0 Å². The Morgan fingerprint density at radius 3 is 1.91 bits per heavy atom. The monoisotopic (exact) mass is 481 g/mol. The van der Waals surface area contributed by atoms with E-state index >= 15 is 0 Å². The first-order valence-corrected chi connectivity index (χ1v) is 6.55. The van der Waals surface area contributed by atoms with Crippen LogP contribution in [0, 0.1) is 22.3 Å². The summed E-state index contributed by atoms with van der Waals surface area (Å²) in [5.41, 5.74) is 2.61. The van der Waals surface area contributed by atoms with Gasteiger partial charge in [0, 0.05) is 0 Å². The Morgan fingerprint density at radius 1 is 0.609 bits per heavy atom. The normalized spacial score (nSPS) is 9.22. The van der Waals surface area contributed by atoms with Crippen LogP contribution in [0.3, 0.4) is 0 Å². The van der Waals surface area contributed by atoms with E-state index in [4.69, 9.17) is 0 Å². The molecule has 1 heteroatoms. The largest absolute Gasteiger partial charge is 4.00 e. The first-order valence-electron chi connectivity index (χ1n) is 6.55. The Labute approximate surface area is 154 Å². The van der Waals surface area contributed by atoms with Crippen molar-refractivity contribution in [2.24, 2.45) is 0 Å². The summed E-state index contributed by atoms with van der Waals surface area (Å²) in [6.45, 7) is 0. The van der Waals surface area contributed by atoms with E-state index in [-0.39, 0.29) is 43.3 Å². The van der Waals surface area contributed by atoms with Gasteiger partial charge < -0.3 is 22.3 Å². The van der Waals surface area contributed by atoms with Gasteiger partial charge in [-0.3, -0.25) is 0 Å². The summed E-state index contributed by atoms with van der Waals surface area (Å²) in [4.78, 5) is 0. The van der Waals surface area contributed by atoms with Gasteiger partial charge in [0.05, 0.1) is 0 Å². The molecule has 0 unspecified atom stereocenters. The van der Waals surface area contributed by atoms with E-state index in [9.17, 15) is 0 Å². The average molecular weight is 481 g/mol. The molecule has 4 rings (SSSR count). The first-order chi connectivity index (χ1) is 9.42. The molecular weight excluding hydrogens is 459 g/mol. The van der Waals surface area contributed by atoms with Crippen LogP contribution in [0.15, 0.2) is 78.9 Å². The van der Waals surface area contributed by atoms with Gasteiger partial charge in [0.15, 0.2) is 0 Å². The molecule has 0 aliphatic carbocycles. The van der Waals surface area contributed by atoms with Crippen LogP contribution in [0.4, 0.5) is 0 Å². The van der Waals surface area contributed by atoms with Crippen molar-refractivity contribution in [3.63, 3.8) is 0 Å². The zero-order chi connectivity index (χ0) is 12.7. The van der Waals surface area contributed by atoms with Crippen LogP contribution in [0.5, 0.6) is 0 Å². The van der Waals surface area contributed by atoms with E-state index < -0.39 is 0 Å². The number of benzene rings is 3. The maximum Gasteiger partial charge on any atom is 4.00 e. The molecule has 4 aromatic carbocycles. The number of rotatable bonds is 1. The maximum atomic E-state index is 2.30. The first kappa shape index (κ1) is 21.2. The van der Waals surface area contributed by atoms with Gasteiger partial charge >= 0.3 is 21.1 Å². The second-order valence-corrected chi connectivity index (χ2v) is 4.90. The molecule has 0 nitrogen and oxygen atoms in total.